The summed E-state index contributed by atoms with van der Waals surface area (Å²) in [5.41, 5.74) is 0. The molecule has 0 radical (unpaired) electrons. The lowest BCUT2D eigenvalue weighted by atomic mass is 10.3. The van der Waals surface area contributed by atoms with Gasteiger partial charge in [0.05, 0.1) is 7.14 Å². The molecule has 0 aliphatic heterocycles. The summed E-state index contributed by atoms with van der Waals surface area (Å²) in [6.07, 6.45) is 2.55. The number of aliphatic carboxylic acids is 1. The SMILES string of the molecule is O=C(O)/C=C/COc1c(I)cc(I)cc1I. The van der Waals surface area contributed by atoms with E-state index in [-0.39, 0.29) is 6.61 Å². The Kier molecular flexibility index (Phi) is 6.32. The first-order valence-corrected chi connectivity index (χ1v) is 7.41. The predicted octanol–water partition coefficient (Wildman–Crippen LogP) is 3.52. The van der Waals surface area contributed by atoms with Crippen molar-refractivity contribution in [2.45, 2.75) is 0 Å². The maximum absolute atomic E-state index is 10.2. The van der Waals surface area contributed by atoms with Gasteiger partial charge in [-0.3, -0.25) is 0 Å². The molecule has 0 bridgehead atoms. The first-order valence-electron chi connectivity index (χ1n) is 4.17. The second-order valence-electron chi connectivity index (χ2n) is 2.75. The van der Waals surface area contributed by atoms with Gasteiger partial charge in [-0.1, -0.05) is 0 Å². The number of benzene rings is 1. The van der Waals surface area contributed by atoms with Crippen molar-refractivity contribution in [2.24, 2.45) is 0 Å². The van der Waals surface area contributed by atoms with Crippen LogP contribution in [0.4, 0.5) is 0 Å². The van der Waals surface area contributed by atoms with Gasteiger partial charge in [-0.2, -0.15) is 0 Å². The number of hydrogen-bond acceptors (Lipinski definition) is 2. The van der Waals surface area contributed by atoms with Crippen LogP contribution in [0.1, 0.15) is 0 Å². The highest BCUT2D eigenvalue weighted by Crippen LogP contribution is 2.29. The van der Waals surface area contributed by atoms with Crippen molar-refractivity contribution in [1.82, 2.24) is 0 Å². The number of halogens is 3. The highest BCUT2D eigenvalue weighted by Gasteiger charge is 2.06. The number of rotatable bonds is 4. The maximum atomic E-state index is 10.2. The van der Waals surface area contributed by atoms with E-state index < -0.39 is 5.97 Å². The molecule has 0 aliphatic rings. The van der Waals surface area contributed by atoms with E-state index in [9.17, 15) is 4.79 Å². The normalized spacial score (nSPS) is 10.7. The lowest BCUT2D eigenvalue weighted by molar-refractivity contribution is -0.131. The molecular formula is C10H7I3O3. The summed E-state index contributed by atoms with van der Waals surface area (Å²) in [6, 6.07) is 4.03. The van der Waals surface area contributed by atoms with Crippen molar-refractivity contribution in [3.8, 4) is 5.75 Å². The number of hydrogen-bond donors (Lipinski definition) is 1. The third kappa shape index (κ3) is 4.73. The topological polar surface area (TPSA) is 46.5 Å². The van der Waals surface area contributed by atoms with Crippen LogP contribution in [-0.4, -0.2) is 17.7 Å². The Morgan fingerprint density at radius 2 is 1.88 bits per heavy atom. The fourth-order valence-electron chi connectivity index (χ4n) is 0.947. The minimum Gasteiger partial charge on any atom is -0.487 e. The zero-order chi connectivity index (χ0) is 12.1. The zero-order valence-electron chi connectivity index (χ0n) is 7.91. The van der Waals surface area contributed by atoms with Gasteiger partial charge in [0, 0.05) is 9.65 Å². The molecule has 0 unspecified atom stereocenters. The molecule has 86 valence electrons. The van der Waals surface area contributed by atoms with Crippen LogP contribution in [0.25, 0.3) is 0 Å². The molecule has 0 aliphatic carbocycles. The van der Waals surface area contributed by atoms with E-state index >= 15 is 0 Å². The molecule has 1 aromatic carbocycles. The van der Waals surface area contributed by atoms with E-state index in [4.69, 9.17) is 9.84 Å². The van der Waals surface area contributed by atoms with E-state index in [0.29, 0.717) is 0 Å². The number of carbonyl (C=O) groups is 1. The highest BCUT2D eigenvalue weighted by atomic mass is 127. The van der Waals surface area contributed by atoms with Crippen LogP contribution in [0.2, 0.25) is 0 Å². The minimum atomic E-state index is -0.962. The molecule has 1 N–H and O–H groups in total. The van der Waals surface area contributed by atoms with Crippen LogP contribution in [0, 0.1) is 10.7 Å². The van der Waals surface area contributed by atoms with Crippen molar-refractivity contribution in [1.29, 1.82) is 0 Å². The molecule has 1 rings (SSSR count). The first-order chi connectivity index (χ1) is 7.50. The van der Waals surface area contributed by atoms with Crippen LogP contribution in [-0.2, 0) is 4.79 Å². The van der Waals surface area contributed by atoms with E-state index in [1.54, 1.807) is 0 Å². The van der Waals surface area contributed by atoms with Crippen molar-refractivity contribution in [2.75, 3.05) is 6.61 Å². The van der Waals surface area contributed by atoms with Gasteiger partial charge in [0.15, 0.2) is 0 Å². The van der Waals surface area contributed by atoms with Gasteiger partial charge in [0.25, 0.3) is 0 Å². The number of ether oxygens (including phenoxy) is 1. The van der Waals surface area contributed by atoms with Gasteiger partial charge in [0.2, 0.25) is 0 Å². The second-order valence-corrected chi connectivity index (χ2v) is 6.32. The van der Waals surface area contributed by atoms with Crippen LogP contribution >= 0.6 is 67.8 Å². The molecule has 0 fully saturated rings. The molecule has 6 heteroatoms. The highest BCUT2D eigenvalue weighted by molar-refractivity contribution is 14.1. The summed E-state index contributed by atoms with van der Waals surface area (Å²) in [7, 11) is 0. The Hall–Kier alpha value is 0.420. The molecule has 0 saturated heterocycles. The molecule has 0 aromatic heterocycles. The van der Waals surface area contributed by atoms with Crippen LogP contribution in [0.5, 0.6) is 5.75 Å². The van der Waals surface area contributed by atoms with Crippen LogP contribution < -0.4 is 4.74 Å². The third-order valence-electron chi connectivity index (χ3n) is 1.55. The Bertz CT molecular complexity index is 406. The smallest absolute Gasteiger partial charge is 0.328 e. The van der Waals surface area contributed by atoms with Crippen molar-refractivity contribution in [3.63, 3.8) is 0 Å². The average Bonchev–Trinajstić information content (AvgIpc) is 2.14. The van der Waals surface area contributed by atoms with Crippen LogP contribution in [0.3, 0.4) is 0 Å². The van der Waals surface area contributed by atoms with Gasteiger partial charge < -0.3 is 9.84 Å². The van der Waals surface area contributed by atoms with Crippen molar-refractivity contribution >= 4 is 73.7 Å². The van der Waals surface area contributed by atoms with Gasteiger partial charge in [-0.25, -0.2) is 4.79 Å². The van der Waals surface area contributed by atoms with Crippen molar-refractivity contribution < 1.29 is 14.6 Å². The Labute approximate surface area is 134 Å². The second kappa shape index (κ2) is 6.99. The average molecular weight is 556 g/mol. The maximum Gasteiger partial charge on any atom is 0.328 e. The molecule has 1 aromatic rings. The lowest BCUT2D eigenvalue weighted by Crippen LogP contribution is -1.99. The molecule has 0 atom stereocenters. The molecule has 3 nitrogen and oxygen atoms in total. The summed E-state index contributed by atoms with van der Waals surface area (Å²) < 4.78 is 8.71. The predicted molar refractivity (Wildman–Crippen MR) is 86.9 cm³/mol. The quantitative estimate of drug-likeness (QED) is 0.457. The summed E-state index contributed by atoms with van der Waals surface area (Å²) in [5, 5.41) is 8.41. The molecule has 0 spiro atoms. The van der Waals surface area contributed by atoms with E-state index in [2.05, 4.69) is 67.8 Å². The summed E-state index contributed by atoms with van der Waals surface area (Å²) in [5.74, 6) is -0.160. The van der Waals surface area contributed by atoms with Gasteiger partial charge in [-0.05, 0) is 86.0 Å². The van der Waals surface area contributed by atoms with E-state index in [0.717, 1.165) is 22.5 Å². The lowest BCUT2D eigenvalue weighted by Gasteiger charge is -2.08. The van der Waals surface area contributed by atoms with Gasteiger partial charge in [0.1, 0.15) is 12.4 Å². The van der Waals surface area contributed by atoms with Crippen molar-refractivity contribution in [3.05, 3.63) is 35.0 Å². The molecule has 0 saturated carbocycles. The Balaban J connectivity index is 2.71. The van der Waals surface area contributed by atoms with Gasteiger partial charge in [-0.15, -0.1) is 0 Å². The summed E-state index contributed by atoms with van der Waals surface area (Å²) in [6.45, 7) is 0.263. The summed E-state index contributed by atoms with van der Waals surface area (Å²) >= 11 is 6.65. The molecule has 16 heavy (non-hydrogen) atoms. The molecular weight excluding hydrogens is 549 g/mol. The van der Waals surface area contributed by atoms with E-state index in [1.807, 2.05) is 12.1 Å². The first kappa shape index (κ1) is 14.5. The molecule has 0 amide bonds. The minimum absolute atomic E-state index is 0.263. The zero-order valence-corrected chi connectivity index (χ0v) is 14.4. The van der Waals surface area contributed by atoms with Crippen LogP contribution in [0.15, 0.2) is 24.3 Å². The largest absolute Gasteiger partial charge is 0.487 e. The standard InChI is InChI=1S/C10H7I3O3/c11-6-4-7(12)10(8(13)5-6)16-3-1-2-9(14)15/h1-2,4-5H,3H2,(H,14,15)/b2-1+. The van der Waals surface area contributed by atoms with Gasteiger partial charge >= 0.3 is 5.97 Å². The number of carboxylic acids is 1. The fourth-order valence-corrected chi connectivity index (χ4v) is 4.84. The summed E-state index contributed by atoms with van der Waals surface area (Å²) in [4.78, 5) is 10.2. The third-order valence-corrected chi connectivity index (χ3v) is 3.77. The monoisotopic (exact) mass is 556 g/mol. The Morgan fingerprint density at radius 1 is 1.31 bits per heavy atom. The Morgan fingerprint density at radius 3 is 2.38 bits per heavy atom. The number of carboxylic acid groups (broad SMARTS) is 1. The fraction of sp³-hybridized carbons (Fsp3) is 0.100. The molecule has 0 heterocycles. The van der Waals surface area contributed by atoms with E-state index in [1.165, 1.54) is 6.08 Å².